The number of aromatic nitrogens is 4. The molecule has 0 spiro atoms. The lowest BCUT2D eigenvalue weighted by Gasteiger charge is -2.08. The van der Waals surface area contributed by atoms with Crippen LogP contribution in [-0.2, 0) is 41.5 Å². The number of halogens is 1. The number of hydrogen-bond donors (Lipinski definition) is 1. The third-order valence-electron chi connectivity index (χ3n) is 4.28. The van der Waals surface area contributed by atoms with Crippen molar-refractivity contribution >= 4 is 23.0 Å². The Morgan fingerprint density at radius 2 is 1.83 bits per heavy atom. The molecular formula is C18H18FN5O5. The van der Waals surface area contributed by atoms with Crippen molar-refractivity contribution in [1.29, 1.82) is 0 Å². The molecule has 0 aliphatic carbocycles. The fraction of sp³-hybridized carbons (Fsp3) is 0.278. The maximum atomic E-state index is 12.8. The van der Waals surface area contributed by atoms with E-state index in [1.54, 1.807) is 0 Å². The lowest BCUT2D eigenvalue weighted by molar-refractivity contribution is -0.149. The normalized spacial score (nSPS) is 10.9. The summed E-state index contributed by atoms with van der Waals surface area (Å²) in [6.45, 7) is -0.703. The topological polar surface area (TPSA) is 117 Å². The minimum atomic E-state index is -0.753. The number of hydrogen-bond acceptors (Lipinski definition) is 6. The number of aryl methyl sites for hydroxylation is 1. The predicted octanol–water partition coefficient (Wildman–Crippen LogP) is -0.568. The zero-order chi connectivity index (χ0) is 21.1. The monoisotopic (exact) mass is 403 g/mol. The Balaban J connectivity index is 1.60. The Hall–Kier alpha value is -3.76. The summed E-state index contributed by atoms with van der Waals surface area (Å²) in [5.41, 5.74) is -0.216. The molecule has 2 heterocycles. The summed E-state index contributed by atoms with van der Waals surface area (Å²) in [7, 11) is 2.79. The number of amides is 1. The van der Waals surface area contributed by atoms with E-state index in [9.17, 15) is 23.6 Å². The third kappa shape index (κ3) is 4.23. The van der Waals surface area contributed by atoms with Gasteiger partial charge in [-0.3, -0.25) is 23.5 Å². The number of carbonyl (C=O) groups is 2. The van der Waals surface area contributed by atoms with E-state index < -0.39 is 29.7 Å². The van der Waals surface area contributed by atoms with Crippen LogP contribution in [-0.4, -0.2) is 37.2 Å². The Bertz CT molecular complexity index is 1190. The minimum Gasteiger partial charge on any atom is -0.454 e. The van der Waals surface area contributed by atoms with E-state index in [2.05, 4.69) is 10.3 Å². The van der Waals surface area contributed by atoms with Gasteiger partial charge in [0.2, 0.25) is 0 Å². The molecule has 0 fully saturated rings. The number of esters is 1. The van der Waals surface area contributed by atoms with E-state index in [4.69, 9.17) is 4.74 Å². The highest BCUT2D eigenvalue weighted by molar-refractivity contribution is 5.81. The average Bonchev–Trinajstić information content (AvgIpc) is 3.12. The van der Waals surface area contributed by atoms with Crippen molar-refractivity contribution in [3.63, 3.8) is 0 Å². The molecule has 11 heteroatoms. The van der Waals surface area contributed by atoms with E-state index in [-0.39, 0.29) is 30.1 Å². The molecule has 0 atom stereocenters. The van der Waals surface area contributed by atoms with Gasteiger partial charge in [-0.25, -0.2) is 14.2 Å². The van der Waals surface area contributed by atoms with Gasteiger partial charge < -0.3 is 14.6 Å². The maximum absolute atomic E-state index is 12.8. The lowest BCUT2D eigenvalue weighted by Crippen LogP contribution is -2.37. The second-order valence-electron chi connectivity index (χ2n) is 6.31. The van der Waals surface area contributed by atoms with E-state index in [0.29, 0.717) is 5.56 Å². The number of ether oxygens (including phenoxy) is 1. The minimum absolute atomic E-state index is 0.0762. The summed E-state index contributed by atoms with van der Waals surface area (Å²) in [6.07, 6.45) is 1.25. The highest BCUT2D eigenvalue weighted by atomic mass is 19.1. The summed E-state index contributed by atoms with van der Waals surface area (Å²) in [6, 6.07) is 5.60. The number of benzene rings is 1. The van der Waals surface area contributed by atoms with Crippen LogP contribution in [0.25, 0.3) is 11.2 Å². The van der Waals surface area contributed by atoms with E-state index in [1.165, 1.54) is 53.8 Å². The number of nitrogens with one attached hydrogen (secondary N) is 1. The van der Waals surface area contributed by atoms with Gasteiger partial charge in [-0.1, -0.05) is 12.1 Å². The molecule has 3 rings (SSSR count). The van der Waals surface area contributed by atoms with Gasteiger partial charge in [0.25, 0.3) is 11.5 Å². The van der Waals surface area contributed by atoms with Crippen LogP contribution in [0.4, 0.5) is 4.39 Å². The molecule has 1 aromatic carbocycles. The zero-order valence-electron chi connectivity index (χ0n) is 15.7. The fourth-order valence-corrected chi connectivity index (χ4v) is 2.70. The number of carbonyl (C=O) groups excluding carboxylic acids is 2. The SMILES string of the molecule is Cn1c(=O)c2c(ncn2CC(=O)OCC(=O)NCc2ccc(F)cc2)n(C)c1=O. The first-order valence-corrected chi connectivity index (χ1v) is 8.55. The van der Waals surface area contributed by atoms with Crippen LogP contribution in [0.15, 0.2) is 40.2 Å². The highest BCUT2D eigenvalue weighted by Gasteiger charge is 2.17. The van der Waals surface area contributed by atoms with Crippen molar-refractivity contribution in [3.8, 4) is 0 Å². The highest BCUT2D eigenvalue weighted by Crippen LogP contribution is 2.06. The third-order valence-corrected chi connectivity index (χ3v) is 4.28. The van der Waals surface area contributed by atoms with Gasteiger partial charge in [-0.05, 0) is 17.7 Å². The van der Waals surface area contributed by atoms with E-state index in [0.717, 1.165) is 4.57 Å². The second kappa shape index (κ2) is 8.09. The summed E-state index contributed by atoms with van der Waals surface area (Å²) in [5.74, 6) is -1.66. The lowest BCUT2D eigenvalue weighted by atomic mass is 10.2. The Morgan fingerprint density at radius 3 is 2.52 bits per heavy atom. The first kappa shape index (κ1) is 20.0. The fourth-order valence-electron chi connectivity index (χ4n) is 2.70. The first-order valence-electron chi connectivity index (χ1n) is 8.55. The standard InChI is InChI=1S/C18H18FN5O5/c1-22-16-15(17(27)23(2)18(22)28)24(10-21-16)8-14(26)29-9-13(25)20-7-11-3-5-12(19)6-4-11/h3-6,10H,7-9H2,1-2H3,(H,20,25). The first-order chi connectivity index (χ1) is 13.8. The van der Waals surface area contributed by atoms with E-state index in [1.807, 2.05) is 0 Å². The van der Waals surface area contributed by atoms with Crippen molar-refractivity contribution in [2.75, 3.05) is 6.61 Å². The van der Waals surface area contributed by atoms with Crippen LogP contribution in [0.5, 0.6) is 0 Å². The van der Waals surface area contributed by atoms with Gasteiger partial charge in [0.15, 0.2) is 17.8 Å². The maximum Gasteiger partial charge on any atom is 0.332 e. The van der Waals surface area contributed by atoms with Crippen molar-refractivity contribution in [2.45, 2.75) is 13.1 Å². The van der Waals surface area contributed by atoms with Crippen LogP contribution >= 0.6 is 0 Å². The smallest absolute Gasteiger partial charge is 0.332 e. The van der Waals surface area contributed by atoms with Crippen LogP contribution in [0.2, 0.25) is 0 Å². The van der Waals surface area contributed by atoms with Gasteiger partial charge in [0.1, 0.15) is 12.4 Å². The second-order valence-corrected chi connectivity index (χ2v) is 6.31. The van der Waals surface area contributed by atoms with Gasteiger partial charge in [0, 0.05) is 20.6 Å². The Morgan fingerprint density at radius 1 is 1.14 bits per heavy atom. The molecule has 10 nitrogen and oxygen atoms in total. The van der Waals surface area contributed by atoms with Crippen LogP contribution in [0, 0.1) is 5.82 Å². The summed E-state index contributed by atoms with van der Waals surface area (Å²) in [5, 5.41) is 2.54. The number of fused-ring (bicyclic) bond motifs is 1. The molecule has 1 N–H and O–H groups in total. The molecule has 152 valence electrons. The molecule has 29 heavy (non-hydrogen) atoms. The zero-order valence-corrected chi connectivity index (χ0v) is 15.7. The molecule has 0 saturated carbocycles. The molecule has 0 bridgehead atoms. The quantitative estimate of drug-likeness (QED) is 0.551. The van der Waals surface area contributed by atoms with Gasteiger partial charge >= 0.3 is 11.7 Å². The summed E-state index contributed by atoms with van der Waals surface area (Å²) in [4.78, 5) is 52.1. The molecule has 0 radical (unpaired) electrons. The molecular weight excluding hydrogens is 385 g/mol. The average molecular weight is 403 g/mol. The van der Waals surface area contributed by atoms with Crippen molar-refractivity contribution in [2.24, 2.45) is 14.1 Å². The summed E-state index contributed by atoms with van der Waals surface area (Å²) < 4.78 is 21.1. The van der Waals surface area contributed by atoms with Crippen LogP contribution in [0.3, 0.4) is 0 Å². The predicted molar refractivity (Wildman–Crippen MR) is 99.4 cm³/mol. The Kier molecular flexibility index (Phi) is 5.57. The molecule has 0 aliphatic rings. The van der Waals surface area contributed by atoms with Gasteiger partial charge in [-0.15, -0.1) is 0 Å². The van der Waals surface area contributed by atoms with Gasteiger partial charge in [-0.2, -0.15) is 0 Å². The molecule has 2 aromatic heterocycles. The van der Waals surface area contributed by atoms with Crippen molar-refractivity contribution < 1.29 is 18.7 Å². The summed E-state index contributed by atoms with van der Waals surface area (Å²) >= 11 is 0. The van der Waals surface area contributed by atoms with Gasteiger partial charge in [0.05, 0.1) is 6.33 Å². The number of rotatable bonds is 6. The number of imidazole rings is 1. The number of nitrogens with zero attached hydrogens (tertiary/aromatic N) is 4. The molecule has 0 unspecified atom stereocenters. The molecule has 3 aromatic rings. The van der Waals surface area contributed by atoms with Crippen molar-refractivity contribution in [3.05, 3.63) is 62.8 Å². The molecule has 1 amide bonds. The van der Waals surface area contributed by atoms with E-state index >= 15 is 0 Å². The molecule has 0 aliphatic heterocycles. The van der Waals surface area contributed by atoms with Crippen LogP contribution in [0.1, 0.15) is 5.56 Å². The molecule has 0 saturated heterocycles. The Labute approximate surface area is 163 Å². The largest absolute Gasteiger partial charge is 0.454 e. The van der Waals surface area contributed by atoms with Crippen molar-refractivity contribution in [1.82, 2.24) is 24.0 Å². The van der Waals surface area contributed by atoms with Crippen LogP contribution < -0.4 is 16.6 Å².